The minimum Gasteiger partial charge on any atom is -0.504 e. The van der Waals surface area contributed by atoms with Crippen molar-refractivity contribution in [1.82, 2.24) is 0 Å². The van der Waals surface area contributed by atoms with Crippen molar-refractivity contribution >= 4 is 34.4 Å². The summed E-state index contributed by atoms with van der Waals surface area (Å²) >= 11 is 1.38. The van der Waals surface area contributed by atoms with E-state index >= 15 is 0 Å². The largest absolute Gasteiger partial charge is 0.504 e. The van der Waals surface area contributed by atoms with Crippen molar-refractivity contribution in [2.45, 2.75) is 18.1 Å². The first-order valence-corrected chi connectivity index (χ1v) is 11.9. The molecule has 8 nitrogen and oxygen atoms in total. The molecule has 1 saturated heterocycles. The lowest BCUT2D eigenvalue weighted by atomic mass is 9.93. The van der Waals surface area contributed by atoms with Crippen LogP contribution in [0.2, 0.25) is 0 Å². The number of phenolic OH excluding ortho intramolecular Hbond substituents is 2. The minimum absolute atomic E-state index is 0.00258. The summed E-state index contributed by atoms with van der Waals surface area (Å²) in [5.74, 6) is -0.937. The Morgan fingerprint density at radius 3 is 2.46 bits per heavy atom. The number of hydrogen-bond acceptors (Lipinski definition) is 9. The molecule has 1 fully saturated rings. The third-order valence-corrected chi connectivity index (χ3v) is 6.83. The van der Waals surface area contributed by atoms with Gasteiger partial charge in [0.1, 0.15) is 5.92 Å². The number of allylic oxidation sites excluding steroid dienone is 1. The summed E-state index contributed by atoms with van der Waals surface area (Å²) in [4.78, 5) is 30.9. The van der Waals surface area contributed by atoms with Crippen molar-refractivity contribution in [2.75, 3.05) is 34.5 Å². The van der Waals surface area contributed by atoms with Crippen LogP contribution in [0, 0.1) is 5.92 Å². The topological polar surface area (TPSA) is 115 Å². The molecular weight excluding hydrogens is 470 g/mol. The molecule has 2 atom stereocenters. The van der Waals surface area contributed by atoms with E-state index in [1.165, 1.54) is 44.2 Å². The van der Waals surface area contributed by atoms with E-state index in [0.29, 0.717) is 35.9 Å². The molecule has 0 saturated carbocycles. The summed E-state index contributed by atoms with van der Waals surface area (Å²) in [5, 5.41) is 19.9. The van der Waals surface area contributed by atoms with E-state index < -0.39 is 5.92 Å². The third-order valence-electron chi connectivity index (χ3n) is 5.50. The zero-order valence-corrected chi connectivity index (χ0v) is 20.7. The van der Waals surface area contributed by atoms with Crippen molar-refractivity contribution in [1.29, 1.82) is 0 Å². The van der Waals surface area contributed by atoms with Gasteiger partial charge in [0, 0.05) is 31.9 Å². The molecule has 0 radical (unpaired) electrons. The predicted molar refractivity (Wildman–Crippen MR) is 136 cm³/mol. The van der Waals surface area contributed by atoms with Gasteiger partial charge in [-0.3, -0.25) is 14.6 Å². The highest BCUT2D eigenvalue weighted by Gasteiger charge is 2.39. The number of nitrogens with zero attached hydrogens (tertiary/aromatic N) is 1. The van der Waals surface area contributed by atoms with Gasteiger partial charge in [0.05, 0.1) is 19.3 Å². The van der Waals surface area contributed by atoms with E-state index in [-0.39, 0.29) is 40.5 Å². The van der Waals surface area contributed by atoms with Gasteiger partial charge in [-0.15, -0.1) is 11.8 Å². The number of aliphatic imine (C=N–C) groups is 1. The van der Waals surface area contributed by atoms with Crippen LogP contribution >= 0.6 is 11.8 Å². The Kier molecular flexibility index (Phi) is 9.33. The molecule has 3 rings (SSSR count). The average molecular weight is 500 g/mol. The van der Waals surface area contributed by atoms with Crippen LogP contribution in [-0.4, -0.2) is 61.3 Å². The Balaban J connectivity index is 1.85. The van der Waals surface area contributed by atoms with Crippen LogP contribution in [-0.2, 0) is 14.3 Å². The average Bonchev–Trinajstić information content (AvgIpc) is 2.86. The van der Waals surface area contributed by atoms with Gasteiger partial charge in [-0.25, -0.2) is 0 Å². The molecule has 0 aromatic heterocycles. The molecule has 186 valence electrons. The molecule has 2 unspecified atom stereocenters. The fourth-order valence-electron chi connectivity index (χ4n) is 3.65. The maximum absolute atomic E-state index is 13.2. The Bertz CT molecular complexity index is 1130. The SMILES string of the molecule is COCCCN=C1SC(c2ccc(O)c(OC)c2)CC(=O)C1C(=O)/C=C\c1ccc(O)c(OC)c1. The van der Waals surface area contributed by atoms with Crippen molar-refractivity contribution < 1.29 is 34.0 Å². The zero-order chi connectivity index (χ0) is 25.4. The van der Waals surface area contributed by atoms with Crippen molar-refractivity contribution in [3.63, 3.8) is 0 Å². The van der Waals surface area contributed by atoms with Gasteiger partial charge >= 0.3 is 0 Å². The summed E-state index contributed by atoms with van der Waals surface area (Å²) in [7, 11) is 4.51. The van der Waals surface area contributed by atoms with Crippen LogP contribution in [0.1, 0.15) is 29.2 Å². The molecular formula is C26H29NO7S. The number of ketones is 2. The normalized spacial score (nSPS) is 19.3. The standard InChI is InChI=1S/C26H29NO7S/c1-32-12-4-11-27-26-25(20(30)9-6-16-5-8-18(28)22(13-16)33-2)21(31)15-24(35-26)17-7-10-19(29)23(14-17)34-3/h5-10,13-14,24-25,28-29H,4,11-12,15H2,1-3H3/b9-6-,27-26?. The maximum atomic E-state index is 13.2. The second-order valence-electron chi connectivity index (χ2n) is 7.87. The highest BCUT2D eigenvalue weighted by atomic mass is 32.2. The number of carbonyl (C=O) groups is 2. The summed E-state index contributed by atoms with van der Waals surface area (Å²) in [6.45, 7) is 0.951. The number of Topliss-reactive ketones (excluding diaryl/α,β-unsaturated/α-hetero) is 1. The second-order valence-corrected chi connectivity index (χ2v) is 9.10. The molecule has 0 amide bonds. The Labute approximate surface area is 208 Å². The fraction of sp³-hybridized carbons (Fsp3) is 0.346. The Hall–Kier alpha value is -3.30. The van der Waals surface area contributed by atoms with Crippen LogP contribution in [0.25, 0.3) is 6.08 Å². The van der Waals surface area contributed by atoms with E-state index in [1.54, 1.807) is 37.5 Å². The molecule has 1 aliphatic rings. The Morgan fingerprint density at radius 2 is 1.77 bits per heavy atom. The van der Waals surface area contributed by atoms with Crippen molar-refractivity contribution in [3.05, 3.63) is 53.6 Å². The number of aromatic hydroxyl groups is 2. The third kappa shape index (κ3) is 6.64. The van der Waals surface area contributed by atoms with Crippen LogP contribution in [0.3, 0.4) is 0 Å². The van der Waals surface area contributed by atoms with Gasteiger partial charge in [0.15, 0.2) is 34.6 Å². The minimum atomic E-state index is -0.979. The predicted octanol–water partition coefficient (Wildman–Crippen LogP) is 4.20. The van der Waals surface area contributed by atoms with E-state index in [9.17, 15) is 19.8 Å². The summed E-state index contributed by atoms with van der Waals surface area (Å²) < 4.78 is 15.4. The fourth-order valence-corrected chi connectivity index (χ4v) is 5.02. The molecule has 0 spiro atoms. The number of phenols is 2. The monoisotopic (exact) mass is 499 g/mol. The lowest BCUT2D eigenvalue weighted by molar-refractivity contribution is -0.127. The molecule has 2 aromatic carbocycles. The number of methoxy groups -OCH3 is 3. The van der Waals surface area contributed by atoms with Gasteiger partial charge in [0.2, 0.25) is 0 Å². The lowest BCUT2D eigenvalue weighted by Crippen LogP contribution is -2.34. The number of thioether (sulfide) groups is 1. The van der Waals surface area contributed by atoms with Crippen LogP contribution in [0.15, 0.2) is 47.5 Å². The van der Waals surface area contributed by atoms with Crippen molar-refractivity contribution in [3.8, 4) is 23.0 Å². The summed E-state index contributed by atoms with van der Waals surface area (Å²) in [5.41, 5.74) is 1.46. The number of benzene rings is 2. The first-order valence-electron chi connectivity index (χ1n) is 11.1. The van der Waals surface area contributed by atoms with Crippen LogP contribution in [0.4, 0.5) is 0 Å². The zero-order valence-electron chi connectivity index (χ0n) is 19.9. The molecule has 35 heavy (non-hydrogen) atoms. The van der Waals surface area contributed by atoms with Gasteiger partial charge in [-0.2, -0.15) is 0 Å². The van der Waals surface area contributed by atoms with Gasteiger partial charge in [-0.05, 0) is 47.9 Å². The molecule has 2 N–H and O–H groups in total. The van der Waals surface area contributed by atoms with E-state index in [0.717, 1.165) is 5.56 Å². The number of hydrogen-bond donors (Lipinski definition) is 2. The first kappa shape index (κ1) is 26.3. The van der Waals surface area contributed by atoms with Crippen LogP contribution < -0.4 is 9.47 Å². The second kappa shape index (κ2) is 12.4. The number of ether oxygens (including phenoxy) is 3. The number of carbonyl (C=O) groups excluding carboxylic acids is 2. The quantitative estimate of drug-likeness (QED) is 0.284. The van der Waals surface area contributed by atoms with Crippen molar-refractivity contribution in [2.24, 2.45) is 10.9 Å². The highest BCUT2D eigenvalue weighted by molar-refractivity contribution is 8.14. The van der Waals surface area contributed by atoms with E-state index in [4.69, 9.17) is 14.2 Å². The maximum Gasteiger partial charge on any atom is 0.172 e. The molecule has 0 bridgehead atoms. The smallest absolute Gasteiger partial charge is 0.172 e. The number of rotatable bonds is 10. The van der Waals surface area contributed by atoms with Gasteiger partial charge in [0.25, 0.3) is 0 Å². The molecule has 9 heteroatoms. The van der Waals surface area contributed by atoms with E-state index in [2.05, 4.69) is 4.99 Å². The highest BCUT2D eigenvalue weighted by Crippen LogP contribution is 2.43. The van der Waals surface area contributed by atoms with Crippen LogP contribution in [0.5, 0.6) is 23.0 Å². The van der Waals surface area contributed by atoms with E-state index in [1.807, 2.05) is 0 Å². The first-order chi connectivity index (χ1) is 16.9. The van der Waals surface area contributed by atoms with Gasteiger partial charge < -0.3 is 24.4 Å². The molecule has 1 aliphatic heterocycles. The van der Waals surface area contributed by atoms with Gasteiger partial charge in [-0.1, -0.05) is 18.2 Å². The molecule has 2 aromatic rings. The Morgan fingerprint density at radius 1 is 1.09 bits per heavy atom. The molecule has 0 aliphatic carbocycles. The summed E-state index contributed by atoms with van der Waals surface area (Å²) in [6.07, 6.45) is 3.76. The molecule has 1 heterocycles. The summed E-state index contributed by atoms with van der Waals surface area (Å²) in [6, 6.07) is 9.69. The lowest BCUT2D eigenvalue weighted by Gasteiger charge is -2.28.